The summed E-state index contributed by atoms with van der Waals surface area (Å²) < 4.78 is 84.0. The number of nitrogens with zero attached hydrogens (tertiary/aromatic N) is 2. The van der Waals surface area contributed by atoms with Crippen molar-refractivity contribution in [3.8, 4) is 0 Å². The minimum atomic E-state index is -5.09. The number of carbonyl (C=O) groups excluding carboxylic acids is 1. The third-order valence-corrected chi connectivity index (χ3v) is 7.11. The number of rotatable bonds is 18. The second-order valence-electron chi connectivity index (χ2n) is 10.9. The van der Waals surface area contributed by atoms with Crippen LogP contribution in [0.25, 0.3) is 0 Å². The maximum atomic E-state index is 12.9. The molecule has 258 valence electrons. The van der Waals surface area contributed by atoms with Gasteiger partial charge in [0.25, 0.3) is 11.4 Å². The molecule has 2 bridgehead atoms. The molecule has 1 aromatic carbocycles. The number of nitro benzene ring substituents is 2. The number of benzene rings is 1. The van der Waals surface area contributed by atoms with Gasteiger partial charge in [0.1, 0.15) is 29.5 Å². The molecule has 3 aliphatic rings. The second kappa shape index (κ2) is 15.1. The fraction of sp³-hybridized carbons (Fsp3) is 0.731. The highest BCUT2D eigenvalue weighted by Crippen LogP contribution is 2.46. The Morgan fingerprint density at radius 2 is 1.59 bits per heavy atom. The molecule has 0 radical (unpaired) electrons. The van der Waals surface area contributed by atoms with Gasteiger partial charge in [-0.1, -0.05) is 0 Å². The number of hydrogen-bond acceptors (Lipinski definition) is 14. The van der Waals surface area contributed by atoms with Crippen LogP contribution < -0.4 is 10.6 Å². The molecule has 3 saturated heterocycles. The zero-order valence-corrected chi connectivity index (χ0v) is 24.9. The van der Waals surface area contributed by atoms with Crippen LogP contribution in [-0.4, -0.2) is 124 Å². The van der Waals surface area contributed by atoms with Crippen molar-refractivity contribution in [2.75, 3.05) is 71.3 Å². The van der Waals surface area contributed by atoms with Crippen molar-refractivity contribution in [2.24, 2.45) is 0 Å². The first-order valence-corrected chi connectivity index (χ1v) is 14.2. The molecular formula is C26H35F3N4O13. The minimum absolute atomic E-state index is 0.0202. The van der Waals surface area contributed by atoms with Gasteiger partial charge >= 0.3 is 12.1 Å². The van der Waals surface area contributed by atoms with Gasteiger partial charge in [0, 0.05) is 12.6 Å². The third kappa shape index (κ3) is 8.97. The van der Waals surface area contributed by atoms with E-state index in [0.29, 0.717) is 0 Å². The lowest BCUT2D eigenvalue weighted by Gasteiger charge is -2.42. The molecule has 3 heterocycles. The van der Waals surface area contributed by atoms with Gasteiger partial charge in [-0.3, -0.25) is 25.0 Å². The van der Waals surface area contributed by atoms with E-state index in [9.17, 15) is 38.2 Å². The number of halogens is 3. The highest BCUT2D eigenvalue weighted by molar-refractivity contribution is 5.82. The Labute approximate surface area is 260 Å². The van der Waals surface area contributed by atoms with Crippen molar-refractivity contribution in [1.82, 2.24) is 5.32 Å². The van der Waals surface area contributed by atoms with Crippen LogP contribution in [0.1, 0.15) is 13.8 Å². The van der Waals surface area contributed by atoms with Crippen LogP contribution >= 0.6 is 0 Å². The molecule has 4 rings (SSSR count). The molecule has 20 heteroatoms. The summed E-state index contributed by atoms with van der Waals surface area (Å²) >= 11 is 0. The normalized spacial score (nSPS) is 26.5. The van der Waals surface area contributed by atoms with Crippen molar-refractivity contribution in [2.45, 2.75) is 56.0 Å². The maximum absolute atomic E-state index is 12.9. The Morgan fingerprint density at radius 3 is 2.20 bits per heavy atom. The summed E-state index contributed by atoms with van der Waals surface area (Å²) in [6.45, 7) is 5.02. The molecule has 2 N–H and O–H groups in total. The largest absolute Gasteiger partial charge is 0.471 e. The molecule has 5 atom stereocenters. The topological polar surface area (TPSA) is 201 Å². The molecule has 0 aromatic heterocycles. The van der Waals surface area contributed by atoms with E-state index in [0.717, 1.165) is 6.07 Å². The lowest BCUT2D eigenvalue weighted by molar-refractivity contribution is -0.393. The fourth-order valence-electron chi connectivity index (χ4n) is 5.10. The summed E-state index contributed by atoms with van der Waals surface area (Å²) in [5, 5.41) is 26.7. The summed E-state index contributed by atoms with van der Waals surface area (Å²) in [5.41, 5.74) is -1.80. The number of ether oxygens (including phenoxy) is 8. The van der Waals surface area contributed by atoms with Crippen LogP contribution in [0.4, 0.5) is 30.2 Å². The van der Waals surface area contributed by atoms with Gasteiger partial charge in [-0.15, -0.1) is 0 Å². The summed E-state index contributed by atoms with van der Waals surface area (Å²) in [4.78, 5) is 32.2. The monoisotopic (exact) mass is 668 g/mol. The van der Waals surface area contributed by atoms with E-state index in [1.54, 1.807) is 13.8 Å². The van der Waals surface area contributed by atoms with Crippen molar-refractivity contribution in [3.63, 3.8) is 0 Å². The number of nitrogens with one attached hydrogen (secondary N) is 2. The molecule has 1 aromatic rings. The lowest BCUT2D eigenvalue weighted by Crippen LogP contribution is -2.66. The molecule has 0 spiro atoms. The molecule has 17 nitrogen and oxygen atoms in total. The number of non-ortho nitro benzene ring substituents is 1. The first kappa shape index (κ1) is 35.6. The van der Waals surface area contributed by atoms with Crippen molar-refractivity contribution < 1.29 is 65.7 Å². The van der Waals surface area contributed by atoms with Gasteiger partial charge in [-0.25, -0.2) is 0 Å². The first-order chi connectivity index (χ1) is 21.7. The number of alkyl halides is 3. The number of fused-ring (bicyclic) bond motifs is 4. The summed E-state index contributed by atoms with van der Waals surface area (Å²) in [5.74, 6) is -3.27. The summed E-state index contributed by atoms with van der Waals surface area (Å²) in [6, 6.07) is 2.08. The van der Waals surface area contributed by atoms with E-state index in [1.165, 1.54) is 12.1 Å². The highest BCUT2D eigenvalue weighted by Gasteiger charge is 2.66. The smallest absolute Gasteiger partial charge is 0.377 e. The zero-order chi connectivity index (χ0) is 33.5. The van der Waals surface area contributed by atoms with Crippen LogP contribution in [0.15, 0.2) is 18.2 Å². The van der Waals surface area contributed by atoms with Crippen LogP contribution in [0, 0.1) is 20.2 Å². The Bertz CT molecular complexity index is 1240. The Morgan fingerprint density at radius 1 is 0.957 bits per heavy atom. The van der Waals surface area contributed by atoms with E-state index in [2.05, 4.69) is 5.32 Å². The second-order valence-corrected chi connectivity index (χ2v) is 10.9. The number of nitro groups is 2. The van der Waals surface area contributed by atoms with E-state index < -0.39 is 63.5 Å². The predicted molar refractivity (Wildman–Crippen MR) is 147 cm³/mol. The summed E-state index contributed by atoms with van der Waals surface area (Å²) in [6.07, 6.45) is -8.10. The van der Waals surface area contributed by atoms with Gasteiger partial charge < -0.3 is 48.5 Å². The quantitative estimate of drug-likeness (QED) is 0.130. The van der Waals surface area contributed by atoms with E-state index in [1.807, 2.05) is 5.32 Å². The van der Waals surface area contributed by atoms with Gasteiger partial charge in [-0.05, 0) is 19.9 Å². The molecule has 3 fully saturated rings. The van der Waals surface area contributed by atoms with Gasteiger partial charge in [0.15, 0.2) is 12.1 Å². The molecule has 0 unspecified atom stereocenters. The minimum Gasteiger partial charge on any atom is -0.377 e. The van der Waals surface area contributed by atoms with Crippen LogP contribution in [0.3, 0.4) is 0 Å². The lowest BCUT2D eigenvalue weighted by atomic mass is 9.88. The number of carbonyl (C=O) groups is 1. The zero-order valence-electron chi connectivity index (χ0n) is 24.9. The number of anilines is 1. The molecule has 0 aliphatic carbocycles. The maximum Gasteiger partial charge on any atom is 0.471 e. The first-order valence-electron chi connectivity index (χ1n) is 14.2. The molecule has 46 heavy (non-hydrogen) atoms. The fourth-order valence-corrected chi connectivity index (χ4v) is 5.10. The molecule has 1 amide bonds. The molecule has 3 aliphatic heterocycles. The standard InChI is InChI=1S/C26H35F3N4O13/c1-24(2)44-20-19(31-23(34)26(27,28)29)22-43-15-25(46-22,21(20)45-24)14-42-12-11-41-10-9-40-8-7-39-6-5-30-17-4-3-16(32(35)36)13-18(17)33(37)38/h3-4,13,19-22,30H,5-12,14-15H2,1-2H3,(H,31,34)/t19-,20-,21-,22+,25+/m1/s1. The van der Waals surface area contributed by atoms with Gasteiger partial charge in [0.05, 0.1) is 75.4 Å². The van der Waals surface area contributed by atoms with Crippen LogP contribution in [0.2, 0.25) is 0 Å². The van der Waals surface area contributed by atoms with Crippen LogP contribution in [-0.2, 0) is 42.7 Å². The van der Waals surface area contributed by atoms with E-state index >= 15 is 0 Å². The van der Waals surface area contributed by atoms with Crippen molar-refractivity contribution in [1.29, 1.82) is 0 Å². The average Bonchev–Trinajstić information content (AvgIpc) is 3.54. The molecular weight excluding hydrogens is 633 g/mol. The SMILES string of the molecule is CC1(C)O[C@@H]2[C@@H](NC(=O)C(F)(F)F)[C@H]3OC[C@](COCCOCCOCCOCCNc4ccc([N+](=O)[O-])cc4[N+](=O)[O-])(O3)[C@@H]2O1. The van der Waals surface area contributed by atoms with E-state index in [-0.39, 0.29) is 77.4 Å². The Balaban J connectivity index is 1.06. The summed E-state index contributed by atoms with van der Waals surface area (Å²) in [7, 11) is 0. The Kier molecular flexibility index (Phi) is 11.7. The van der Waals surface area contributed by atoms with Gasteiger partial charge in [0.2, 0.25) is 0 Å². The van der Waals surface area contributed by atoms with E-state index in [4.69, 9.17) is 37.9 Å². The highest BCUT2D eigenvalue weighted by atomic mass is 19.4. The average molecular weight is 669 g/mol. The third-order valence-electron chi connectivity index (χ3n) is 7.11. The van der Waals surface area contributed by atoms with Crippen LogP contribution in [0.5, 0.6) is 0 Å². The molecule has 0 saturated carbocycles. The van der Waals surface area contributed by atoms with Crippen molar-refractivity contribution in [3.05, 3.63) is 38.4 Å². The number of hydrogen-bond donors (Lipinski definition) is 2. The number of amides is 1. The Hall–Kier alpha value is -3.24. The predicted octanol–water partition coefficient (Wildman–Crippen LogP) is 1.67. The van der Waals surface area contributed by atoms with Crippen molar-refractivity contribution >= 4 is 23.0 Å². The van der Waals surface area contributed by atoms with Gasteiger partial charge in [-0.2, -0.15) is 13.2 Å².